The second-order valence-electron chi connectivity index (χ2n) is 7.47. The quantitative estimate of drug-likeness (QED) is 0.525. The highest BCUT2D eigenvalue weighted by molar-refractivity contribution is 6.01. The highest BCUT2D eigenvalue weighted by Crippen LogP contribution is 2.31. The van der Waals surface area contributed by atoms with Crippen molar-refractivity contribution in [3.63, 3.8) is 0 Å². The van der Waals surface area contributed by atoms with Crippen LogP contribution >= 0.6 is 0 Å². The number of nitrogens with zero attached hydrogens (tertiary/aromatic N) is 2. The molecule has 0 saturated heterocycles. The molecule has 1 aromatic carbocycles. The van der Waals surface area contributed by atoms with Crippen LogP contribution in [0.1, 0.15) is 48.7 Å². The minimum absolute atomic E-state index is 0.0519. The van der Waals surface area contributed by atoms with Crippen molar-refractivity contribution in [2.24, 2.45) is 5.92 Å². The fourth-order valence-electron chi connectivity index (χ4n) is 3.57. The number of carbonyl (C=O) groups is 1. The van der Waals surface area contributed by atoms with Crippen LogP contribution in [-0.2, 0) is 0 Å². The van der Waals surface area contributed by atoms with Gasteiger partial charge in [-0.2, -0.15) is 0 Å². The largest absolute Gasteiger partial charge is 0.482 e. The maximum Gasteiger partial charge on any atom is 0.199 e. The lowest BCUT2D eigenvalue weighted by Crippen LogP contribution is -2.05. The van der Waals surface area contributed by atoms with E-state index in [2.05, 4.69) is 11.9 Å². The lowest BCUT2D eigenvalue weighted by atomic mass is 9.98. The Morgan fingerprint density at radius 1 is 1.28 bits per heavy atom. The van der Waals surface area contributed by atoms with Gasteiger partial charge in [-0.3, -0.25) is 9.20 Å². The van der Waals surface area contributed by atoms with Crippen LogP contribution < -0.4 is 4.74 Å². The Morgan fingerprint density at radius 2 is 2.07 bits per heavy atom. The third-order valence-corrected chi connectivity index (χ3v) is 5.24. The van der Waals surface area contributed by atoms with E-state index in [0.717, 1.165) is 24.8 Å². The number of halogens is 1. The molecule has 1 atom stereocenters. The van der Waals surface area contributed by atoms with Crippen molar-refractivity contribution in [3.05, 3.63) is 53.5 Å². The van der Waals surface area contributed by atoms with E-state index in [9.17, 15) is 9.18 Å². The molecule has 5 nitrogen and oxygen atoms in total. The molecule has 2 aromatic heterocycles. The Balaban J connectivity index is 2.02. The molecule has 0 fully saturated rings. The number of aromatic nitrogens is 2. The van der Waals surface area contributed by atoms with E-state index in [4.69, 9.17) is 9.84 Å². The van der Waals surface area contributed by atoms with E-state index < -0.39 is 0 Å². The number of carbonyl (C=O) groups excluding carboxylic acids is 1. The first kappa shape index (κ1) is 21.0. The molecule has 1 unspecified atom stereocenters. The van der Waals surface area contributed by atoms with Crippen molar-refractivity contribution in [2.45, 2.75) is 39.5 Å². The lowest BCUT2D eigenvalue weighted by Gasteiger charge is -2.11. The Hall–Kier alpha value is -2.73. The molecule has 3 rings (SSSR count). The van der Waals surface area contributed by atoms with Crippen molar-refractivity contribution in [2.75, 3.05) is 13.7 Å². The SMILES string of the molecule is COc1cccc2nc(C(=O)CCCC(C)CCO)c(-c3ccc(F)c(C)c3)n12. The summed E-state index contributed by atoms with van der Waals surface area (Å²) in [6.45, 7) is 3.93. The lowest BCUT2D eigenvalue weighted by molar-refractivity contribution is 0.0974. The van der Waals surface area contributed by atoms with Gasteiger partial charge in [-0.15, -0.1) is 0 Å². The monoisotopic (exact) mass is 398 g/mol. The van der Waals surface area contributed by atoms with Gasteiger partial charge in [0.1, 0.15) is 17.2 Å². The van der Waals surface area contributed by atoms with Crippen molar-refractivity contribution < 1.29 is 19.0 Å². The summed E-state index contributed by atoms with van der Waals surface area (Å²) in [5.41, 5.74) is 2.82. The van der Waals surface area contributed by atoms with Crippen molar-refractivity contribution in [3.8, 4) is 17.1 Å². The minimum atomic E-state index is -0.291. The average molecular weight is 398 g/mol. The van der Waals surface area contributed by atoms with Gasteiger partial charge in [0.25, 0.3) is 0 Å². The number of aliphatic hydroxyl groups excluding tert-OH is 1. The van der Waals surface area contributed by atoms with Gasteiger partial charge < -0.3 is 9.84 Å². The molecule has 0 amide bonds. The third kappa shape index (κ3) is 4.48. The summed E-state index contributed by atoms with van der Waals surface area (Å²) < 4.78 is 21.1. The van der Waals surface area contributed by atoms with Crippen LogP contribution in [0.15, 0.2) is 36.4 Å². The van der Waals surface area contributed by atoms with Crippen LogP contribution in [0.2, 0.25) is 0 Å². The normalized spacial score (nSPS) is 12.3. The topological polar surface area (TPSA) is 63.8 Å². The van der Waals surface area contributed by atoms with Crippen LogP contribution in [0.5, 0.6) is 5.88 Å². The zero-order valence-corrected chi connectivity index (χ0v) is 17.1. The van der Waals surface area contributed by atoms with Gasteiger partial charge in [0.05, 0.1) is 12.8 Å². The second-order valence-corrected chi connectivity index (χ2v) is 7.47. The molecule has 1 N–H and O–H groups in total. The van der Waals surface area contributed by atoms with E-state index in [1.54, 1.807) is 36.6 Å². The Bertz CT molecular complexity index is 1010. The number of ketones is 1. The van der Waals surface area contributed by atoms with Gasteiger partial charge in [-0.1, -0.05) is 19.4 Å². The van der Waals surface area contributed by atoms with E-state index >= 15 is 0 Å². The number of hydrogen-bond acceptors (Lipinski definition) is 4. The van der Waals surface area contributed by atoms with Gasteiger partial charge in [0, 0.05) is 18.6 Å². The van der Waals surface area contributed by atoms with Gasteiger partial charge in [0.15, 0.2) is 11.7 Å². The maximum absolute atomic E-state index is 13.8. The van der Waals surface area contributed by atoms with Gasteiger partial charge in [0.2, 0.25) is 0 Å². The number of fused-ring (bicyclic) bond motifs is 1. The summed E-state index contributed by atoms with van der Waals surface area (Å²) in [7, 11) is 1.57. The maximum atomic E-state index is 13.8. The number of ether oxygens (including phenoxy) is 1. The van der Waals surface area contributed by atoms with E-state index in [0.29, 0.717) is 40.8 Å². The smallest absolute Gasteiger partial charge is 0.199 e. The molecule has 0 aliphatic carbocycles. The van der Waals surface area contributed by atoms with Gasteiger partial charge >= 0.3 is 0 Å². The van der Waals surface area contributed by atoms with Crippen LogP contribution in [0.3, 0.4) is 0 Å². The number of pyridine rings is 1. The molecule has 0 radical (unpaired) electrons. The van der Waals surface area contributed by atoms with Crippen molar-refractivity contribution in [1.29, 1.82) is 0 Å². The Kier molecular flexibility index (Phi) is 6.64. The highest BCUT2D eigenvalue weighted by Gasteiger charge is 2.22. The van der Waals surface area contributed by atoms with Crippen LogP contribution in [0.4, 0.5) is 4.39 Å². The number of methoxy groups -OCH3 is 1. The average Bonchev–Trinajstić information content (AvgIpc) is 3.10. The zero-order chi connectivity index (χ0) is 21.0. The number of rotatable bonds is 9. The standard InChI is InChI=1S/C23H27FN2O3/c1-15(12-13-27)6-4-7-19(28)22-23(17-10-11-18(24)16(2)14-17)26-20(25-22)8-5-9-21(26)29-3/h5,8-11,14-15,27H,4,6-7,12-13H2,1-3H3. The zero-order valence-electron chi connectivity index (χ0n) is 17.1. The predicted octanol–water partition coefficient (Wildman–Crippen LogP) is 4.83. The van der Waals surface area contributed by atoms with Gasteiger partial charge in [-0.25, -0.2) is 9.37 Å². The predicted molar refractivity (Wildman–Crippen MR) is 111 cm³/mol. The number of benzene rings is 1. The molecule has 0 aliphatic heterocycles. The first-order valence-corrected chi connectivity index (χ1v) is 9.92. The molecule has 3 aromatic rings. The number of aryl methyl sites for hydroxylation is 1. The highest BCUT2D eigenvalue weighted by atomic mass is 19.1. The summed E-state index contributed by atoms with van der Waals surface area (Å²) in [4.78, 5) is 17.6. The molecule has 29 heavy (non-hydrogen) atoms. The van der Waals surface area contributed by atoms with Crippen LogP contribution in [-0.4, -0.2) is 34.0 Å². The molecule has 0 bridgehead atoms. The van der Waals surface area contributed by atoms with E-state index in [1.165, 1.54) is 6.07 Å². The first-order chi connectivity index (χ1) is 14.0. The number of Topliss-reactive ketones (excluding diaryl/α,β-unsaturated/α-hetero) is 1. The van der Waals surface area contributed by atoms with Gasteiger partial charge in [-0.05, 0) is 61.6 Å². The summed E-state index contributed by atoms with van der Waals surface area (Å²) >= 11 is 0. The summed E-state index contributed by atoms with van der Waals surface area (Å²) in [6.07, 6.45) is 2.70. The molecular weight excluding hydrogens is 371 g/mol. The number of aliphatic hydroxyl groups is 1. The van der Waals surface area contributed by atoms with Crippen LogP contribution in [0.25, 0.3) is 16.9 Å². The first-order valence-electron chi connectivity index (χ1n) is 9.92. The minimum Gasteiger partial charge on any atom is -0.482 e. The Labute approximate surface area is 170 Å². The molecule has 0 spiro atoms. The summed E-state index contributed by atoms with van der Waals surface area (Å²) in [5, 5.41) is 9.04. The molecular formula is C23H27FN2O3. The number of imidazole rings is 1. The molecule has 154 valence electrons. The van der Waals surface area contributed by atoms with E-state index in [1.807, 2.05) is 12.1 Å². The van der Waals surface area contributed by atoms with Crippen LogP contribution in [0, 0.1) is 18.7 Å². The summed E-state index contributed by atoms with van der Waals surface area (Å²) in [6, 6.07) is 10.3. The fourth-order valence-corrected chi connectivity index (χ4v) is 3.57. The van der Waals surface area contributed by atoms with Crippen molar-refractivity contribution in [1.82, 2.24) is 9.38 Å². The Morgan fingerprint density at radius 3 is 2.76 bits per heavy atom. The fraction of sp³-hybridized carbons (Fsp3) is 0.391. The molecule has 0 saturated carbocycles. The van der Waals surface area contributed by atoms with Crippen molar-refractivity contribution >= 4 is 11.4 Å². The second kappa shape index (κ2) is 9.18. The third-order valence-electron chi connectivity index (χ3n) is 5.24. The number of hydrogen-bond donors (Lipinski definition) is 1. The summed E-state index contributed by atoms with van der Waals surface area (Å²) in [5.74, 6) is 0.583. The molecule has 0 aliphatic rings. The van der Waals surface area contributed by atoms with E-state index in [-0.39, 0.29) is 18.2 Å². The molecule has 6 heteroatoms. The molecule has 2 heterocycles.